The first-order chi connectivity index (χ1) is 18.5. The van der Waals surface area contributed by atoms with Crippen LogP contribution >= 0.6 is 0 Å². The van der Waals surface area contributed by atoms with Crippen molar-refractivity contribution < 1.29 is 10.2 Å². The molecular formula is C34H48N2O2. The minimum absolute atomic E-state index is 0.243. The van der Waals surface area contributed by atoms with Gasteiger partial charge < -0.3 is 15.1 Å². The minimum Gasteiger partial charge on any atom is -0.392 e. The Hall–Kier alpha value is -2.50. The second kappa shape index (κ2) is 15.8. The van der Waals surface area contributed by atoms with Crippen LogP contribution in [0.2, 0.25) is 0 Å². The molecule has 0 saturated carbocycles. The molecule has 3 aromatic carbocycles. The highest BCUT2D eigenvalue weighted by atomic mass is 16.3. The normalized spacial score (nSPS) is 16.2. The molecule has 0 aliphatic carbocycles. The van der Waals surface area contributed by atoms with E-state index in [0.717, 1.165) is 57.5 Å². The summed E-state index contributed by atoms with van der Waals surface area (Å²) in [6, 6.07) is 32.0. The van der Waals surface area contributed by atoms with Crippen molar-refractivity contribution in [3.05, 3.63) is 108 Å². The number of nitrogens with zero attached hydrogens (tertiary/aromatic N) is 2. The average Bonchev–Trinajstić information content (AvgIpc) is 2.97. The lowest BCUT2D eigenvalue weighted by Gasteiger charge is -2.39. The largest absolute Gasteiger partial charge is 0.392 e. The van der Waals surface area contributed by atoms with Crippen molar-refractivity contribution in [2.45, 2.75) is 70.6 Å². The molecule has 4 heteroatoms. The van der Waals surface area contributed by atoms with Crippen LogP contribution in [0.4, 0.5) is 0 Å². The zero-order valence-electron chi connectivity index (χ0n) is 23.7. The molecule has 0 spiro atoms. The van der Waals surface area contributed by atoms with Gasteiger partial charge in [-0.25, -0.2) is 0 Å². The first kappa shape index (κ1) is 30.0. The van der Waals surface area contributed by atoms with Gasteiger partial charge >= 0.3 is 0 Å². The molecule has 4 nitrogen and oxygen atoms in total. The fraction of sp³-hybridized carbons (Fsp3) is 0.471. The topological polar surface area (TPSA) is 46.9 Å². The Kier molecular flexibility index (Phi) is 12.5. The molecule has 2 N–H and O–H groups in total. The summed E-state index contributed by atoms with van der Waals surface area (Å²) in [5.74, 6) is 0. The van der Waals surface area contributed by atoms with Crippen LogP contribution in [0.15, 0.2) is 91.0 Å². The number of hydrogen-bond acceptors (Lipinski definition) is 4. The minimum atomic E-state index is -0.686. The molecule has 1 unspecified atom stereocenters. The maximum absolute atomic E-state index is 10.7. The SMILES string of the molecule is CCC(O)CN1CCC(O)(c2ccccc2)CC1.CCCN(CCC)C(c1ccccc1)c1ccccc1. The predicted octanol–water partition coefficient (Wildman–Crippen LogP) is 6.64. The van der Waals surface area contributed by atoms with E-state index in [4.69, 9.17) is 0 Å². The Morgan fingerprint density at radius 2 is 1.18 bits per heavy atom. The molecule has 4 rings (SSSR count). The van der Waals surface area contributed by atoms with Gasteiger partial charge in [0.1, 0.15) is 0 Å². The van der Waals surface area contributed by atoms with Gasteiger partial charge in [-0.3, -0.25) is 4.90 Å². The highest BCUT2D eigenvalue weighted by molar-refractivity contribution is 5.31. The molecule has 1 aliphatic rings. The molecule has 38 heavy (non-hydrogen) atoms. The lowest BCUT2D eigenvalue weighted by Crippen LogP contribution is -2.45. The summed E-state index contributed by atoms with van der Waals surface area (Å²) in [7, 11) is 0. The van der Waals surface area contributed by atoms with E-state index in [-0.39, 0.29) is 6.10 Å². The van der Waals surface area contributed by atoms with E-state index < -0.39 is 5.60 Å². The molecule has 3 aromatic rings. The summed E-state index contributed by atoms with van der Waals surface area (Å²) in [5.41, 5.74) is 3.11. The average molecular weight is 517 g/mol. The van der Waals surface area contributed by atoms with E-state index in [1.54, 1.807) is 0 Å². The summed E-state index contributed by atoms with van der Waals surface area (Å²) in [6.07, 6.45) is 4.42. The van der Waals surface area contributed by atoms with Gasteiger partial charge in [0.15, 0.2) is 0 Å². The van der Waals surface area contributed by atoms with Gasteiger partial charge in [0.2, 0.25) is 0 Å². The number of β-amino-alcohol motifs (C(OH)–C–C–N with tert-alkyl or cyclic N) is 1. The van der Waals surface area contributed by atoms with E-state index in [9.17, 15) is 10.2 Å². The predicted molar refractivity (Wildman–Crippen MR) is 159 cm³/mol. The number of aliphatic hydroxyl groups excluding tert-OH is 1. The second-order valence-electron chi connectivity index (χ2n) is 10.5. The Labute approximate surface area is 230 Å². The molecule has 0 aromatic heterocycles. The van der Waals surface area contributed by atoms with Gasteiger partial charge in [-0.1, -0.05) is 112 Å². The molecule has 1 heterocycles. The lowest BCUT2D eigenvalue weighted by atomic mass is 9.84. The van der Waals surface area contributed by atoms with Crippen LogP contribution in [0.5, 0.6) is 0 Å². The lowest BCUT2D eigenvalue weighted by molar-refractivity contribution is -0.0344. The molecule has 206 valence electrons. The van der Waals surface area contributed by atoms with Crippen molar-refractivity contribution in [2.75, 3.05) is 32.7 Å². The molecule has 1 aliphatic heterocycles. The Morgan fingerprint density at radius 1 is 0.737 bits per heavy atom. The molecule has 1 saturated heterocycles. The zero-order chi connectivity index (χ0) is 27.2. The van der Waals surface area contributed by atoms with Crippen LogP contribution in [0.1, 0.15) is 75.6 Å². The first-order valence-electron chi connectivity index (χ1n) is 14.5. The van der Waals surface area contributed by atoms with Crippen molar-refractivity contribution in [3.63, 3.8) is 0 Å². The van der Waals surface area contributed by atoms with Crippen LogP contribution in [-0.2, 0) is 5.60 Å². The highest BCUT2D eigenvalue weighted by Gasteiger charge is 2.34. The second-order valence-corrected chi connectivity index (χ2v) is 10.5. The van der Waals surface area contributed by atoms with Gasteiger partial charge in [-0.2, -0.15) is 0 Å². The molecule has 1 fully saturated rings. The Morgan fingerprint density at radius 3 is 1.61 bits per heavy atom. The van der Waals surface area contributed by atoms with E-state index >= 15 is 0 Å². The van der Waals surface area contributed by atoms with Gasteiger partial charge in [0, 0.05) is 19.6 Å². The summed E-state index contributed by atoms with van der Waals surface area (Å²) in [4.78, 5) is 4.84. The molecule has 0 bridgehead atoms. The number of aliphatic hydroxyl groups is 2. The highest BCUT2D eigenvalue weighted by Crippen LogP contribution is 2.32. The number of hydrogen-bond donors (Lipinski definition) is 2. The zero-order valence-corrected chi connectivity index (χ0v) is 23.7. The number of rotatable bonds is 11. The van der Waals surface area contributed by atoms with Crippen LogP contribution in [0.25, 0.3) is 0 Å². The third kappa shape index (κ3) is 8.78. The van der Waals surface area contributed by atoms with Crippen molar-refractivity contribution in [1.29, 1.82) is 0 Å². The van der Waals surface area contributed by atoms with E-state index in [0.29, 0.717) is 6.04 Å². The summed E-state index contributed by atoms with van der Waals surface area (Å²) in [5, 5.41) is 20.3. The number of benzene rings is 3. The van der Waals surface area contributed by atoms with E-state index in [2.05, 4.69) is 84.3 Å². The number of piperidine rings is 1. The van der Waals surface area contributed by atoms with Crippen molar-refractivity contribution in [2.24, 2.45) is 0 Å². The third-order valence-corrected chi connectivity index (χ3v) is 7.55. The van der Waals surface area contributed by atoms with E-state index in [1.165, 1.54) is 24.0 Å². The Balaban J connectivity index is 0.000000212. The molecule has 0 radical (unpaired) electrons. The third-order valence-electron chi connectivity index (χ3n) is 7.55. The van der Waals surface area contributed by atoms with Gasteiger partial charge in [-0.05, 0) is 61.9 Å². The first-order valence-corrected chi connectivity index (χ1v) is 14.5. The van der Waals surface area contributed by atoms with Crippen molar-refractivity contribution in [3.8, 4) is 0 Å². The standard InChI is InChI=1S/C19H25N.C15H23NO2/c1-3-15-20(16-4-2)19(17-11-7-5-8-12-17)18-13-9-6-10-14-18;1-2-14(17)12-16-10-8-15(18,9-11-16)13-6-4-3-5-7-13/h5-14,19H,3-4,15-16H2,1-2H3;3-7,14,17-18H,2,8-12H2,1H3. The van der Waals surface area contributed by atoms with E-state index in [1.807, 2.05) is 37.3 Å². The van der Waals surface area contributed by atoms with Crippen LogP contribution in [0, 0.1) is 0 Å². The van der Waals surface area contributed by atoms with Crippen LogP contribution in [-0.4, -0.2) is 58.8 Å². The van der Waals surface area contributed by atoms with Crippen molar-refractivity contribution >= 4 is 0 Å². The monoisotopic (exact) mass is 516 g/mol. The van der Waals surface area contributed by atoms with Gasteiger partial charge in [0.25, 0.3) is 0 Å². The maximum Gasteiger partial charge on any atom is 0.0920 e. The summed E-state index contributed by atoms with van der Waals surface area (Å²) >= 11 is 0. The molecular weight excluding hydrogens is 468 g/mol. The van der Waals surface area contributed by atoms with Crippen LogP contribution in [0.3, 0.4) is 0 Å². The molecule has 0 amide bonds. The Bertz CT molecular complexity index is 959. The molecule has 1 atom stereocenters. The van der Waals surface area contributed by atoms with Crippen LogP contribution < -0.4 is 0 Å². The fourth-order valence-electron chi connectivity index (χ4n) is 5.40. The summed E-state index contributed by atoms with van der Waals surface area (Å²) < 4.78 is 0. The van der Waals surface area contributed by atoms with Crippen molar-refractivity contribution in [1.82, 2.24) is 9.80 Å². The maximum atomic E-state index is 10.7. The fourth-order valence-corrected chi connectivity index (χ4v) is 5.40. The number of likely N-dealkylation sites (tertiary alicyclic amines) is 1. The van der Waals surface area contributed by atoms with Gasteiger partial charge in [0.05, 0.1) is 17.7 Å². The quantitative estimate of drug-likeness (QED) is 0.300. The van der Waals surface area contributed by atoms with Gasteiger partial charge in [-0.15, -0.1) is 0 Å². The summed E-state index contributed by atoms with van der Waals surface area (Å²) in [6.45, 7) is 11.2. The smallest absolute Gasteiger partial charge is 0.0920 e.